The molecule has 0 unspecified atom stereocenters. The number of imide groups is 1. The molecule has 148 valence electrons. The highest BCUT2D eigenvalue weighted by atomic mass is 19.1. The van der Waals surface area contributed by atoms with Crippen LogP contribution in [0, 0.1) is 31.5 Å². The molecule has 0 radical (unpaired) electrons. The number of allylic oxidation sites excluding steroid dienone is 1. The summed E-state index contributed by atoms with van der Waals surface area (Å²) in [4.78, 5) is 40.3. The lowest BCUT2D eigenvalue weighted by atomic mass is 9.81. The van der Waals surface area contributed by atoms with Gasteiger partial charge in [0.1, 0.15) is 5.82 Å². The van der Waals surface area contributed by atoms with Crippen LogP contribution in [0.1, 0.15) is 27.9 Å². The van der Waals surface area contributed by atoms with E-state index < -0.39 is 29.6 Å². The average molecular weight is 392 g/mol. The molecule has 0 bridgehead atoms. The number of fused-ring (bicyclic) bond motifs is 1. The number of benzene rings is 2. The van der Waals surface area contributed by atoms with E-state index in [0.717, 1.165) is 11.1 Å². The molecule has 2 aromatic carbocycles. The molecule has 29 heavy (non-hydrogen) atoms. The molecule has 1 heterocycles. The van der Waals surface area contributed by atoms with Crippen molar-refractivity contribution in [3.8, 4) is 0 Å². The Labute approximate surface area is 168 Å². The maximum atomic E-state index is 13.3. The van der Waals surface area contributed by atoms with Gasteiger partial charge in [-0.3, -0.25) is 14.4 Å². The third-order valence-electron chi connectivity index (χ3n) is 5.66. The number of anilines is 1. The van der Waals surface area contributed by atoms with Gasteiger partial charge < -0.3 is 5.32 Å². The van der Waals surface area contributed by atoms with Crippen molar-refractivity contribution in [1.29, 1.82) is 0 Å². The van der Waals surface area contributed by atoms with Crippen molar-refractivity contribution < 1.29 is 18.8 Å². The molecule has 0 saturated carbocycles. The third-order valence-corrected chi connectivity index (χ3v) is 5.66. The minimum absolute atomic E-state index is 0.234. The second kappa shape index (κ2) is 7.28. The fraction of sp³-hybridized carbons (Fsp3) is 0.261. The second-order valence-corrected chi connectivity index (χ2v) is 7.55. The number of rotatable bonds is 3. The van der Waals surface area contributed by atoms with Gasteiger partial charge in [-0.2, -0.15) is 0 Å². The van der Waals surface area contributed by atoms with E-state index in [1.807, 2.05) is 38.1 Å². The third kappa shape index (κ3) is 3.24. The lowest BCUT2D eigenvalue weighted by Crippen LogP contribution is -2.45. The number of para-hydroxylation sites is 1. The standard InChI is InChI=1S/C23H21FN2O3/c1-13-5-3-6-14(2)20(13)26-22(28)17-7-4-8-18(19(17)23(26)29)25-21(27)15-9-11-16(24)12-10-15/h3-6,8-12,17-19H,7H2,1-2H3,(H,25,27)/t17-,18+,19+/m1/s1. The van der Waals surface area contributed by atoms with Crippen molar-refractivity contribution in [3.63, 3.8) is 0 Å². The van der Waals surface area contributed by atoms with Crippen LogP contribution in [0.5, 0.6) is 0 Å². The molecule has 6 heteroatoms. The van der Waals surface area contributed by atoms with Crippen molar-refractivity contribution in [1.82, 2.24) is 5.32 Å². The van der Waals surface area contributed by atoms with Gasteiger partial charge in [0, 0.05) is 5.56 Å². The van der Waals surface area contributed by atoms with Gasteiger partial charge in [0.15, 0.2) is 0 Å². The van der Waals surface area contributed by atoms with Crippen molar-refractivity contribution >= 4 is 23.4 Å². The van der Waals surface area contributed by atoms with E-state index in [0.29, 0.717) is 17.7 Å². The van der Waals surface area contributed by atoms with E-state index in [1.54, 1.807) is 6.08 Å². The number of hydrogen-bond acceptors (Lipinski definition) is 3. The monoisotopic (exact) mass is 392 g/mol. The van der Waals surface area contributed by atoms with Crippen LogP contribution in [-0.4, -0.2) is 23.8 Å². The summed E-state index contributed by atoms with van der Waals surface area (Å²) in [7, 11) is 0. The lowest BCUT2D eigenvalue weighted by Gasteiger charge is -2.27. The molecule has 0 aromatic heterocycles. The first kappa shape index (κ1) is 19.1. The molecule has 3 amide bonds. The van der Waals surface area contributed by atoms with Gasteiger partial charge in [-0.05, 0) is 55.7 Å². The highest BCUT2D eigenvalue weighted by Gasteiger charge is 2.52. The minimum Gasteiger partial charge on any atom is -0.345 e. The molecule has 1 aliphatic carbocycles. The van der Waals surface area contributed by atoms with Crippen LogP contribution in [0.4, 0.5) is 10.1 Å². The van der Waals surface area contributed by atoms with E-state index in [9.17, 15) is 18.8 Å². The fourth-order valence-corrected chi connectivity index (χ4v) is 4.24. The maximum Gasteiger partial charge on any atom is 0.251 e. The van der Waals surface area contributed by atoms with E-state index in [4.69, 9.17) is 0 Å². The molecule has 1 aliphatic heterocycles. The number of nitrogens with zero attached hydrogens (tertiary/aromatic N) is 1. The number of halogens is 1. The van der Waals surface area contributed by atoms with Gasteiger partial charge in [-0.25, -0.2) is 9.29 Å². The molecule has 0 spiro atoms. The quantitative estimate of drug-likeness (QED) is 0.644. The highest BCUT2D eigenvalue weighted by Crippen LogP contribution is 2.40. The first-order valence-corrected chi connectivity index (χ1v) is 9.55. The molecule has 1 N–H and O–H groups in total. The van der Waals surface area contributed by atoms with Crippen molar-refractivity contribution in [2.75, 3.05) is 4.90 Å². The Morgan fingerprint density at radius 2 is 1.69 bits per heavy atom. The number of carbonyl (C=O) groups excluding carboxylic acids is 3. The van der Waals surface area contributed by atoms with Crippen molar-refractivity contribution in [3.05, 3.63) is 77.1 Å². The zero-order chi connectivity index (χ0) is 20.7. The van der Waals surface area contributed by atoms with Gasteiger partial charge in [0.25, 0.3) is 5.91 Å². The highest BCUT2D eigenvalue weighted by molar-refractivity contribution is 6.23. The predicted octanol–water partition coefficient (Wildman–Crippen LogP) is 3.31. The number of amides is 3. The SMILES string of the molecule is Cc1cccc(C)c1N1C(=O)[C@@H]2[C@@H](NC(=O)c3ccc(F)cc3)C=CC[C@H]2C1=O. The number of hydrogen-bond donors (Lipinski definition) is 1. The van der Waals surface area contributed by atoms with Crippen LogP contribution in [0.3, 0.4) is 0 Å². The number of nitrogens with one attached hydrogen (secondary N) is 1. The second-order valence-electron chi connectivity index (χ2n) is 7.55. The van der Waals surface area contributed by atoms with Gasteiger partial charge in [0.05, 0.1) is 23.6 Å². The Bertz CT molecular complexity index is 1010. The number of aryl methyl sites for hydroxylation is 2. The summed E-state index contributed by atoms with van der Waals surface area (Å²) in [5, 5.41) is 2.83. The Hall–Kier alpha value is -3.28. The van der Waals surface area contributed by atoms with E-state index in [-0.39, 0.29) is 11.8 Å². The topological polar surface area (TPSA) is 66.5 Å². The van der Waals surface area contributed by atoms with E-state index >= 15 is 0 Å². The first-order valence-electron chi connectivity index (χ1n) is 9.55. The summed E-state index contributed by atoms with van der Waals surface area (Å²) >= 11 is 0. The summed E-state index contributed by atoms with van der Waals surface area (Å²) in [6.07, 6.45) is 4.05. The molecular formula is C23H21FN2O3. The molecule has 5 nitrogen and oxygen atoms in total. The zero-order valence-electron chi connectivity index (χ0n) is 16.2. The van der Waals surface area contributed by atoms with Crippen LogP contribution in [0.25, 0.3) is 0 Å². The number of carbonyl (C=O) groups is 3. The minimum atomic E-state index is -0.657. The summed E-state index contributed by atoms with van der Waals surface area (Å²) in [6.45, 7) is 3.74. The van der Waals surface area contributed by atoms with Crippen LogP contribution in [0.15, 0.2) is 54.6 Å². The molecule has 3 atom stereocenters. The van der Waals surface area contributed by atoms with Gasteiger partial charge >= 0.3 is 0 Å². The fourth-order valence-electron chi connectivity index (χ4n) is 4.24. The molecule has 4 rings (SSSR count). The molecule has 1 saturated heterocycles. The van der Waals surface area contributed by atoms with Gasteiger partial charge in [-0.1, -0.05) is 30.4 Å². The predicted molar refractivity (Wildman–Crippen MR) is 107 cm³/mol. The first-order chi connectivity index (χ1) is 13.9. The summed E-state index contributed by atoms with van der Waals surface area (Å²) in [6, 6.07) is 10.2. The smallest absolute Gasteiger partial charge is 0.251 e. The molecular weight excluding hydrogens is 371 g/mol. The normalized spacial score (nSPS) is 23.3. The average Bonchev–Trinajstić information content (AvgIpc) is 2.94. The van der Waals surface area contributed by atoms with Crippen LogP contribution >= 0.6 is 0 Å². The van der Waals surface area contributed by atoms with Gasteiger partial charge in [0.2, 0.25) is 11.8 Å². The molecule has 2 aromatic rings. The van der Waals surface area contributed by atoms with Crippen LogP contribution in [-0.2, 0) is 9.59 Å². The summed E-state index contributed by atoms with van der Waals surface area (Å²) in [5.41, 5.74) is 2.63. The Morgan fingerprint density at radius 1 is 1.03 bits per heavy atom. The molecule has 1 fully saturated rings. The maximum absolute atomic E-state index is 13.3. The Morgan fingerprint density at radius 3 is 2.34 bits per heavy atom. The Kier molecular flexibility index (Phi) is 4.78. The Balaban J connectivity index is 1.63. The summed E-state index contributed by atoms with van der Waals surface area (Å²) < 4.78 is 13.1. The van der Waals surface area contributed by atoms with Crippen LogP contribution < -0.4 is 10.2 Å². The van der Waals surface area contributed by atoms with E-state index in [1.165, 1.54) is 29.2 Å². The van der Waals surface area contributed by atoms with Crippen LogP contribution in [0.2, 0.25) is 0 Å². The van der Waals surface area contributed by atoms with Crippen molar-refractivity contribution in [2.24, 2.45) is 11.8 Å². The zero-order valence-corrected chi connectivity index (χ0v) is 16.2. The van der Waals surface area contributed by atoms with Gasteiger partial charge in [-0.15, -0.1) is 0 Å². The lowest BCUT2D eigenvalue weighted by molar-refractivity contribution is -0.122. The van der Waals surface area contributed by atoms with E-state index in [2.05, 4.69) is 5.32 Å². The summed E-state index contributed by atoms with van der Waals surface area (Å²) in [5.74, 6) is -2.54. The van der Waals surface area contributed by atoms with Crippen molar-refractivity contribution in [2.45, 2.75) is 26.3 Å². The molecule has 2 aliphatic rings. The largest absolute Gasteiger partial charge is 0.345 e.